The van der Waals surface area contributed by atoms with Crippen LogP contribution in [0.2, 0.25) is 0 Å². The summed E-state index contributed by atoms with van der Waals surface area (Å²) in [6.07, 6.45) is 4.03. The number of carbonyl (C=O) groups is 3. The van der Waals surface area contributed by atoms with Crippen LogP contribution in [0.1, 0.15) is 23.2 Å². The van der Waals surface area contributed by atoms with E-state index in [0.717, 1.165) is 0 Å². The maximum atomic E-state index is 12.3. The van der Waals surface area contributed by atoms with Crippen LogP contribution in [0.4, 0.5) is 0 Å². The van der Waals surface area contributed by atoms with Crippen LogP contribution in [-0.2, 0) is 9.59 Å². The smallest absolute Gasteiger partial charge is 0.270 e. The first-order valence-electron chi connectivity index (χ1n) is 7.22. The number of nitrogens with zero attached hydrogens (tertiary/aromatic N) is 3. The lowest BCUT2D eigenvalue weighted by atomic mass is 10.1. The summed E-state index contributed by atoms with van der Waals surface area (Å²) in [5.41, 5.74) is 3.34. The molecule has 0 spiro atoms. The van der Waals surface area contributed by atoms with Gasteiger partial charge in [0.2, 0.25) is 5.91 Å². The molecule has 116 valence electrons. The minimum absolute atomic E-state index is 0.0318. The third-order valence-electron chi connectivity index (χ3n) is 3.85. The SMILES string of the molecule is O=C1CCC(C(=O)N2CCN(C(=O)c3cc[nH]c3)CC2)=NN1. The Hall–Kier alpha value is -2.64. The topological polar surface area (TPSA) is 97.9 Å². The highest BCUT2D eigenvalue weighted by atomic mass is 16.2. The Morgan fingerprint density at radius 1 is 1.05 bits per heavy atom. The molecule has 8 nitrogen and oxygen atoms in total. The van der Waals surface area contributed by atoms with Crippen LogP contribution in [0.15, 0.2) is 23.6 Å². The third-order valence-corrected chi connectivity index (χ3v) is 3.85. The van der Waals surface area contributed by atoms with E-state index in [4.69, 9.17) is 0 Å². The predicted octanol–water partition coefficient (Wildman–Crippen LogP) is -0.435. The van der Waals surface area contributed by atoms with Crippen molar-refractivity contribution in [3.63, 3.8) is 0 Å². The summed E-state index contributed by atoms with van der Waals surface area (Å²) in [5, 5.41) is 3.82. The summed E-state index contributed by atoms with van der Waals surface area (Å²) in [7, 11) is 0. The molecule has 0 radical (unpaired) electrons. The second-order valence-corrected chi connectivity index (χ2v) is 5.28. The quantitative estimate of drug-likeness (QED) is 0.775. The molecule has 22 heavy (non-hydrogen) atoms. The van der Waals surface area contributed by atoms with Crippen molar-refractivity contribution in [1.82, 2.24) is 20.2 Å². The summed E-state index contributed by atoms with van der Waals surface area (Å²) in [4.78, 5) is 41.8. The summed E-state index contributed by atoms with van der Waals surface area (Å²) in [6, 6.07) is 1.74. The van der Waals surface area contributed by atoms with Crippen molar-refractivity contribution in [2.45, 2.75) is 12.8 Å². The number of rotatable bonds is 2. The fourth-order valence-corrected chi connectivity index (χ4v) is 2.56. The maximum absolute atomic E-state index is 12.3. The molecule has 3 amide bonds. The van der Waals surface area contributed by atoms with Gasteiger partial charge in [-0.2, -0.15) is 5.10 Å². The number of nitrogens with one attached hydrogen (secondary N) is 2. The van der Waals surface area contributed by atoms with E-state index in [-0.39, 0.29) is 24.1 Å². The van der Waals surface area contributed by atoms with Crippen LogP contribution in [0.3, 0.4) is 0 Å². The standard InChI is InChI=1S/C14H17N5O3/c20-12-2-1-11(16-17-12)14(22)19-7-5-18(6-8-19)13(21)10-3-4-15-9-10/h3-4,9,15H,1-2,5-8H2,(H,17,20). The number of hydrazone groups is 1. The van der Waals surface area contributed by atoms with Gasteiger partial charge >= 0.3 is 0 Å². The van der Waals surface area contributed by atoms with Gasteiger partial charge in [-0.15, -0.1) is 0 Å². The maximum Gasteiger partial charge on any atom is 0.270 e. The summed E-state index contributed by atoms with van der Waals surface area (Å²) in [6.45, 7) is 1.94. The molecule has 2 N–H and O–H groups in total. The van der Waals surface area contributed by atoms with Crippen molar-refractivity contribution in [2.75, 3.05) is 26.2 Å². The van der Waals surface area contributed by atoms with Gasteiger partial charge in [0.05, 0.1) is 5.56 Å². The Kier molecular flexibility index (Phi) is 3.90. The Labute approximate surface area is 127 Å². The van der Waals surface area contributed by atoms with Gasteiger partial charge in [-0.05, 0) is 6.07 Å². The van der Waals surface area contributed by atoms with E-state index in [1.807, 2.05) is 0 Å². The van der Waals surface area contributed by atoms with Gasteiger partial charge in [0.1, 0.15) is 5.71 Å². The van der Waals surface area contributed by atoms with Crippen LogP contribution >= 0.6 is 0 Å². The summed E-state index contributed by atoms with van der Waals surface area (Å²) < 4.78 is 0. The summed E-state index contributed by atoms with van der Waals surface area (Å²) in [5.74, 6) is -0.358. The van der Waals surface area contributed by atoms with E-state index in [0.29, 0.717) is 43.9 Å². The van der Waals surface area contributed by atoms with Gasteiger partial charge in [-0.3, -0.25) is 14.4 Å². The van der Waals surface area contributed by atoms with Gasteiger partial charge in [0, 0.05) is 51.4 Å². The van der Waals surface area contributed by atoms with E-state index < -0.39 is 0 Å². The van der Waals surface area contributed by atoms with Gasteiger partial charge in [0.25, 0.3) is 11.8 Å². The van der Waals surface area contributed by atoms with Crippen molar-refractivity contribution in [3.8, 4) is 0 Å². The van der Waals surface area contributed by atoms with Crippen LogP contribution in [0.5, 0.6) is 0 Å². The van der Waals surface area contributed by atoms with Crippen molar-refractivity contribution in [1.29, 1.82) is 0 Å². The zero-order valence-corrected chi connectivity index (χ0v) is 12.0. The zero-order valence-electron chi connectivity index (χ0n) is 12.0. The van der Waals surface area contributed by atoms with Gasteiger partial charge in [-0.1, -0.05) is 0 Å². The molecule has 0 bridgehead atoms. The lowest BCUT2D eigenvalue weighted by Crippen LogP contribution is -2.52. The van der Waals surface area contributed by atoms with E-state index in [1.165, 1.54) is 0 Å². The molecule has 3 rings (SSSR count). The van der Waals surface area contributed by atoms with Crippen LogP contribution in [0, 0.1) is 0 Å². The monoisotopic (exact) mass is 303 g/mol. The number of aromatic nitrogens is 1. The molecule has 0 atom stereocenters. The first-order chi connectivity index (χ1) is 10.6. The van der Waals surface area contributed by atoms with Crippen LogP contribution < -0.4 is 5.43 Å². The minimum atomic E-state index is -0.168. The second kappa shape index (κ2) is 6.00. The van der Waals surface area contributed by atoms with Gasteiger partial charge in [0.15, 0.2) is 0 Å². The zero-order chi connectivity index (χ0) is 15.5. The number of piperazine rings is 1. The highest BCUT2D eigenvalue weighted by Crippen LogP contribution is 2.10. The predicted molar refractivity (Wildman–Crippen MR) is 78.1 cm³/mol. The first kappa shape index (κ1) is 14.3. The molecule has 0 saturated carbocycles. The molecule has 1 aromatic heterocycles. The number of carbonyl (C=O) groups excluding carboxylic acids is 3. The fourth-order valence-electron chi connectivity index (χ4n) is 2.56. The van der Waals surface area contributed by atoms with Crippen molar-refractivity contribution in [3.05, 3.63) is 24.0 Å². The lowest BCUT2D eigenvalue weighted by Gasteiger charge is -2.35. The number of hydrogen-bond donors (Lipinski definition) is 2. The Morgan fingerprint density at radius 3 is 2.27 bits per heavy atom. The Balaban J connectivity index is 1.56. The number of H-pyrrole nitrogens is 1. The average Bonchev–Trinajstić information content (AvgIpc) is 3.09. The van der Waals surface area contributed by atoms with E-state index in [1.54, 1.807) is 28.3 Å². The molecule has 0 unspecified atom stereocenters. The highest BCUT2D eigenvalue weighted by molar-refractivity contribution is 6.39. The van der Waals surface area contributed by atoms with Crippen molar-refractivity contribution < 1.29 is 14.4 Å². The molecule has 1 aromatic rings. The molecular weight excluding hydrogens is 286 g/mol. The van der Waals surface area contributed by atoms with E-state index in [2.05, 4.69) is 15.5 Å². The molecular formula is C14H17N5O3. The molecule has 1 saturated heterocycles. The molecule has 8 heteroatoms. The molecule has 3 heterocycles. The van der Waals surface area contributed by atoms with E-state index >= 15 is 0 Å². The lowest BCUT2D eigenvalue weighted by molar-refractivity contribution is -0.126. The van der Waals surface area contributed by atoms with Crippen LogP contribution in [-0.4, -0.2) is 64.4 Å². The molecule has 0 aliphatic carbocycles. The molecule has 1 fully saturated rings. The third kappa shape index (κ3) is 2.85. The van der Waals surface area contributed by atoms with Gasteiger partial charge < -0.3 is 14.8 Å². The largest absolute Gasteiger partial charge is 0.367 e. The highest BCUT2D eigenvalue weighted by Gasteiger charge is 2.28. The number of aromatic amines is 1. The minimum Gasteiger partial charge on any atom is -0.367 e. The first-order valence-corrected chi connectivity index (χ1v) is 7.22. The number of amides is 3. The molecule has 0 aromatic carbocycles. The Morgan fingerprint density at radius 2 is 1.73 bits per heavy atom. The summed E-state index contributed by atoms with van der Waals surface area (Å²) >= 11 is 0. The Bertz CT molecular complexity index is 614. The molecule has 2 aliphatic rings. The fraction of sp³-hybridized carbons (Fsp3) is 0.429. The second-order valence-electron chi connectivity index (χ2n) is 5.28. The van der Waals surface area contributed by atoms with Crippen molar-refractivity contribution in [2.24, 2.45) is 5.10 Å². The normalized spacial score (nSPS) is 18.7. The molecule has 2 aliphatic heterocycles. The average molecular weight is 303 g/mol. The van der Waals surface area contributed by atoms with Crippen LogP contribution in [0.25, 0.3) is 0 Å². The number of hydrogen-bond acceptors (Lipinski definition) is 4. The van der Waals surface area contributed by atoms with Crippen molar-refractivity contribution >= 4 is 23.4 Å². The van der Waals surface area contributed by atoms with E-state index in [9.17, 15) is 14.4 Å². The van der Waals surface area contributed by atoms with Gasteiger partial charge in [-0.25, -0.2) is 5.43 Å².